The van der Waals surface area contributed by atoms with Crippen LogP contribution in [0.25, 0.3) is 0 Å². The van der Waals surface area contributed by atoms with E-state index >= 15 is 0 Å². The molecule has 1 atom stereocenters. The monoisotopic (exact) mass is 327 g/mol. The lowest BCUT2D eigenvalue weighted by Gasteiger charge is -2.46. The van der Waals surface area contributed by atoms with Gasteiger partial charge in [0.1, 0.15) is 0 Å². The third-order valence-electron chi connectivity index (χ3n) is 4.27. The van der Waals surface area contributed by atoms with Gasteiger partial charge >= 0.3 is 0 Å². The third-order valence-corrected chi connectivity index (χ3v) is 9.76. The summed E-state index contributed by atoms with van der Waals surface area (Å²) in [5.74, 6) is -3.20. The molecule has 126 valence electrons. The summed E-state index contributed by atoms with van der Waals surface area (Å²) in [4.78, 5) is 34.8. The van der Waals surface area contributed by atoms with E-state index in [0.29, 0.717) is 18.1 Å². The van der Waals surface area contributed by atoms with Crippen molar-refractivity contribution in [3.8, 4) is 0 Å². The van der Waals surface area contributed by atoms with E-state index in [1.807, 2.05) is 20.8 Å². The highest BCUT2D eigenvalue weighted by Crippen LogP contribution is 2.29. The van der Waals surface area contributed by atoms with Crippen molar-refractivity contribution >= 4 is 26.1 Å². The van der Waals surface area contributed by atoms with Crippen molar-refractivity contribution in [2.45, 2.75) is 64.7 Å². The van der Waals surface area contributed by atoms with Crippen LogP contribution in [0.1, 0.15) is 40.5 Å². The van der Waals surface area contributed by atoms with Gasteiger partial charge in [0.2, 0.25) is 5.91 Å². The van der Waals surface area contributed by atoms with Crippen molar-refractivity contribution in [2.75, 3.05) is 0 Å². The number of amides is 1. The standard InChI is InChI=1S/C15H27NO5Si/c1-6-22(7-2,8-3)16(14(19)11(4)5)12(15(20)21)9-10-13(17)18/h12H,4,6-10H2,1-3,5H3,(H,17,18)(H,20,21)/p-2. The summed E-state index contributed by atoms with van der Waals surface area (Å²) in [5.41, 5.74) is 0.243. The maximum absolute atomic E-state index is 12.6. The van der Waals surface area contributed by atoms with Crippen molar-refractivity contribution in [2.24, 2.45) is 0 Å². The summed E-state index contributed by atoms with van der Waals surface area (Å²) < 4.78 is 1.40. The lowest BCUT2D eigenvalue weighted by atomic mass is 10.1. The fourth-order valence-electron chi connectivity index (χ4n) is 2.76. The molecule has 22 heavy (non-hydrogen) atoms. The highest BCUT2D eigenvalue weighted by atomic mass is 28.3. The van der Waals surface area contributed by atoms with Gasteiger partial charge in [-0.25, -0.2) is 0 Å². The molecule has 0 aliphatic carbocycles. The Labute approximate surface area is 132 Å². The first-order valence-electron chi connectivity index (χ1n) is 7.56. The van der Waals surface area contributed by atoms with Crippen LogP contribution in [-0.2, 0) is 14.4 Å². The fraction of sp³-hybridized carbons (Fsp3) is 0.667. The summed E-state index contributed by atoms with van der Waals surface area (Å²) in [7, 11) is -2.38. The van der Waals surface area contributed by atoms with E-state index < -0.39 is 38.5 Å². The number of rotatable bonds is 10. The zero-order chi connectivity index (χ0) is 17.5. The van der Waals surface area contributed by atoms with E-state index in [9.17, 15) is 24.6 Å². The van der Waals surface area contributed by atoms with Crippen molar-refractivity contribution in [1.29, 1.82) is 0 Å². The van der Waals surface area contributed by atoms with E-state index in [-0.39, 0.29) is 12.0 Å². The Bertz CT molecular complexity index is 437. The molecule has 6 nitrogen and oxygen atoms in total. The van der Waals surface area contributed by atoms with Crippen LogP contribution in [0.2, 0.25) is 18.1 Å². The van der Waals surface area contributed by atoms with Crippen LogP contribution in [0.4, 0.5) is 0 Å². The van der Waals surface area contributed by atoms with Gasteiger partial charge in [-0.2, -0.15) is 0 Å². The van der Waals surface area contributed by atoms with Gasteiger partial charge in [0.15, 0.2) is 8.24 Å². The Balaban J connectivity index is 5.89. The third kappa shape index (κ3) is 4.69. The second-order valence-corrected chi connectivity index (χ2v) is 10.5. The molecule has 0 radical (unpaired) electrons. The van der Waals surface area contributed by atoms with Crippen LogP contribution in [0, 0.1) is 0 Å². The van der Waals surface area contributed by atoms with Crippen LogP contribution >= 0.6 is 0 Å². The molecule has 0 aromatic carbocycles. The van der Waals surface area contributed by atoms with Gasteiger partial charge in [-0.3, -0.25) is 4.79 Å². The number of aliphatic carboxylic acids is 2. The van der Waals surface area contributed by atoms with Crippen molar-refractivity contribution in [3.05, 3.63) is 12.2 Å². The summed E-state index contributed by atoms with van der Waals surface area (Å²) in [6.07, 6.45) is -0.640. The molecule has 7 heteroatoms. The molecule has 0 saturated heterocycles. The molecule has 0 aromatic heterocycles. The smallest absolute Gasteiger partial charge is 0.241 e. The van der Waals surface area contributed by atoms with Crippen molar-refractivity contribution in [1.82, 2.24) is 4.57 Å². The van der Waals surface area contributed by atoms with Gasteiger partial charge in [-0.15, -0.1) is 0 Å². The highest BCUT2D eigenvalue weighted by Gasteiger charge is 2.42. The normalized spacial score (nSPS) is 12.5. The molecule has 0 N–H and O–H groups in total. The van der Waals surface area contributed by atoms with E-state index in [1.165, 1.54) is 11.5 Å². The number of carbonyl (C=O) groups excluding carboxylic acids is 3. The first kappa shape index (κ1) is 20.4. The first-order valence-corrected chi connectivity index (χ1v) is 10.1. The Morgan fingerprint density at radius 2 is 1.55 bits per heavy atom. The average Bonchev–Trinajstić information content (AvgIpc) is 2.46. The van der Waals surface area contributed by atoms with Gasteiger partial charge < -0.3 is 24.4 Å². The molecule has 0 fully saturated rings. The molecule has 0 aromatic rings. The van der Waals surface area contributed by atoms with Gasteiger partial charge in [0.05, 0.1) is 12.0 Å². The van der Waals surface area contributed by atoms with Crippen LogP contribution < -0.4 is 10.2 Å². The van der Waals surface area contributed by atoms with Crippen LogP contribution in [0.15, 0.2) is 12.2 Å². The van der Waals surface area contributed by atoms with Gasteiger partial charge in [-0.1, -0.05) is 27.4 Å². The number of carboxylic acid groups (broad SMARTS) is 2. The molecule has 0 saturated carbocycles. The quantitative estimate of drug-likeness (QED) is 0.417. The SMILES string of the molecule is C=C(C)C(=O)N(C(CCC(=O)[O-])C(=O)[O-])[Si](CC)(CC)CC. The molecular weight excluding hydrogens is 302 g/mol. The molecule has 1 amide bonds. The van der Waals surface area contributed by atoms with Crippen molar-refractivity contribution < 1.29 is 24.6 Å². The Morgan fingerprint density at radius 1 is 1.09 bits per heavy atom. The zero-order valence-electron chi connectivity index (χ0n) is 13.8. The largest absolute Gasteiger partial charge is 0.550 e. The summed E-state index contributed by atoms with van der Waals surface area (Å²) in [6, 6.07) is 0.810. The van der Waals surface area contributed by atoms with E-state index in [2.05, 4.69) is 6.58 Å². The van der Waals surface area contributed by atoms with Crippen LogP contribution in [-0.4, -0.2) is 36.7 Å². The zero-order valence-corrected chi connectivity index (χ0v) is 14.8. The number of nitrogens with zero attached hydrogens (tertiary/aromatic N) is 1. The second-order valence-electron chi connectivity index (χ2n) is 5.49. The lowest BCUT2D eigenvalue weighted by molar-refractivity contribution is -0.311. The predicted octanol–water partition coefficient (Wildman–Crippen LogP) is 0.0449. The van der Waals surface area contributed by atoms with E-state index in [1.54, 1.807) is 0 Å². The minimum absolute atomic E-state index is 0.210. The van der Waals surface area contributed by atoms with Gasteiger partial charge in [-0.05, 0) is 37.9 Å². The maximum Gasteiger partial charge on any atom is 0.241 e. The highest BCUT2D eigenvalue weighted by molar-refractivity contribution is 6.79. The minimum Gasteiger partial charge on any atom is -0.550 e. The number of hydrogen-bond donors (Lipinski definition) is 0. The van der Waals surface area contributed by atoms with Gasteiger partial charge in [0, 0.05) is 11.5 Å². The molecule has 0 rings (SSSR count). The van der Waals surface area contributed by atoms with Crippen LogP contribution in [0.3, 0.4) is 0 Å². The van der Waals surface area contributed by atoms with E-state index in [0.717, 1.165) is 0 Å². The van der Waals surface area contributed by atoms with Crippen molar-refractivity contribution in [3.63, 3.8) is 0 Å². The van der Waals surface area contributed by atoms with Crippen LogP contribution in [0.5, 0.6) is 0 Å². The average molecular weight is 327 g/mol. The second kappa shape index (κ2) is 8.72. The summed E-state index contributed by atoms with van der Waals surface area (Å²) in [5, 5.41) is 22.2. The van der Waals surface area contributed by atoms with Gasteiger partial charge in [0.25, 0.3) is 0 Å². The lowest BCUT2D eigenvalue weighted by Crippen LogP contribution is -2.63. The topological polar surface area (TPSA) is 101 Å². The Kier molecular flexibility index (Phi) is 8.08. The molecule has 0 bridgehead atoms. The Morgan fingerprint density at radius 3 is 1.82 bits per heavy atom. The molecule has 1 unspecified atom stereocenters. The predicted molar refractivity (Wildman–Crippen MR) is 81.9 cm³/mol. The molecular formula is C15H25NO5Si-2. The van der Waals surface area contributed by atoms with E-state index in [4.69, 9.17) is 0 Å². The number of hydrogen-bond acceptors (Lipinski definition) is 5. The maximum atomic E-state index is 12.6. The summed E-state index contributed by atoms with van der Waals surface area (Å²) >= 11 is 0. The summed E-state index contributed by atoms with van der Waals surface area (Å²) in [6.45, 7) is 10.9. The molecule has 0 spiro atoms. The Hall–Kier alpha value is -1.63. The number of carboxylic acids is 2. The molecule has 0 aliphatic rings. The first-order chi connectivity index (χ1) is 10.2. The minimum atomic E-state index is -2.38. The number of carbonyl (C=O) groups is 3. The molecule has 0 aliphatic heterocycles. The molecule has 0 heterocycles. The fourth-order valence-corrected chi connectivity index (χ4v) is 6.80.